The van der Waals surface area contributed by atoms with Gasteiger partial charge in [-0.2, -0.15) is 0 Å². The Hall–Kier alpha value is -2.72. The number of anilines is 2. The van der Waals surface area contributed by atoms with Crippen LogP contribution in [-0.4, -0.2) is 98.7 Å². The number of likely N-dealkylation sites (N-methyl/N-ethyl adjacent to an activating group) is 1. The van der Waals surface area contributed by atoms with Crippen molar-refractivity contribution in [3.05, 3.63) is 41.7 Å². The maximum absolute atomic E-state index is 12.9. The fraction of sp³-hybridized carbons (Fsp3) is 0.560. The first-order valence-corrected chi connectivity index (χ1v) is 13.8. The van der Waals surface area contributed by atoms with E-state index in [0.717, 1.165) is 62.3 Å². The van der Waals surface area contributed by atoms with E-state index in [2.05, 4.69) is 37.8 Å². The predicted octanol–water partition coefficient (Wildman–Crippen LogP) is 1.61. The summed E-state index contributed by atoms with van der Waals surface area (Å²) in [6, 6.07) is 8.76. The molecule has 3 heterocycles. The van der Waals surface area contributed by atoms with Crippen molar-refractivity contribution in [2.24, 2.45) is 0 Å². The second-order valence-electron chi connectivity index (χ2n) is 9.70. The molecule has 2 aliphatic heterocycles. The predicted molar refractivity (Wildman–Crippen MR) is 138 cm³/mol. The summed E-state index contributed by atoms with van der Waals surface area (Å²) < 4.78 is 24.6. The van der Waals surface area contributed by atoms with Gasteiger partial charge in [0.1, 0.15) is 17.5 Å². The summed E-state index contributed by atoms with van der Waals surface area (Å²) in [5.74, 6) is 2.71. The third-order valence-corrected chi connectivity index (χ3v) is 8.99. The van der Waals surface area contributed by atoms with E-state index in [-0.39, 0.29) is 12.3 Å². The van der Waals surface area contributed by atoms with Gasteiger partial charge in [0.2, 0.25) is 5.91 Å². The van der Waals surface area contributed by atoms with Crippen LogP contribution in [0, 0.1) is 6.92 Å². The van der Waals surface area contributed by atoms with E-state index in [9.17, 15) is 13.2 Å². The van der Waals surface area contributed by atoms with Gasteiger partial charge in [0.15, 0.2) is 9.84 Å². The molecule has 9 nitrogen and oxygen atoms in total. The van der Waals surface area contributed by atoms with Crippen LogP contribution in [0.15, 0.2) is 35.2 Å². The Morgan fingerprint density at radius 2 is 1.40 bits per heavy atom. The zero-order chi connectivity index (χ0) is 25.2. The van der Waals surface area contributed by atoms with Crippen LogP contribution < -0.4 is 9.80 Å². The molecule has 2 saturated heterocycles. The number of amides is 1. The van der Waals surface area contributed by atoms with E-state index >= 15 is 0 Å². The summed E-state index contributed by atoms with van der Waals surface area (Å²) >= 11 is 0. The Morgan fingerprint density at radius 3 is 1.91 bits per heavy atom. The van der Waals surface area contributed by atoms with Crippen LogP contribution in [0.4, 0.5) is 11.6 Å². The number of carbonyl (C=O) groups is 1. The molecule has 1 aromatic heterocycles. The van der Waals surface area contributed by atoms with Crippen molar-refractivity contribution in [1.29, 1.82) is 0 Å². The van der Waals surface area contributed by atoms with E-state index in [1.165, 1.54) is 0 Å². The molecule has 0 unspecified atom stereocenters. The quantitative estimate of drug-likeness (QED) is 0.591. The van der Waals surface area contributed by atoms with Gasteiger partial charge in [0, 0.05) is 58.4 Å². The van der Waals surface area contributed by atoms with Crippen molar-refractivity contribution in [3.8, 4) is 0 Å². The fourth-order valence-corrected chi connectivity index (χ4v) is 5.50. The average molecular weight is 501 g/mol. The van der Waals surface area contributed by atoms with Gasteiger partial charge in [-0.25, -0.2) is 18.4 Å². The number of hydrogen-bond donors (Lipinski definition) is 0. The molecule has 1 amide bonds. The molecule has 4 rings (SSSR count). The van der Waals surface area contributed by atoms with Gasteiger partial charge in [-0.1, -0.05) is 12.1 Å². The first-order chi connectivity index (χ1) is 16.6. The number of nitrogens with zero attached hydrogens (tertiary/aromatic N) is 6. The normalized spacial score (nSPS) is 17.8. The van der Waals surface area contributed by atoms with Crippen LogP contribution in [0.2, 0.25) is 0 Å². The number of aromatic nitrogens is 2. The Bertz CT molecular complexity index is 1140. The molecule has 2 aliphatic rings. The first kappa shape index (κ1) is 25.4. The van der Waals surface area contributed by atoms with Crippen LogP contribution in [0.5, 0.6) is 0 Å². The molecular formula is C25H36N6O3S. The molecule has 1 aromatic carbocycles. The highest BCUT2D eigenvalue weighted by molar-refractivity contribution is 7.92. The maximum Gasteiger partial charge on any atom is 0.227 e. The summed E-state index contributed by atoms with van der Waals surface area (Å²) in [5, 5.41) is -0.470. The highest BCUT2D eigenvalue weighted by Crippen LogP contribution is 2.22. The van der Waals surface area contributed by atoms with Crippen LogP contribution in [0.3, 0.4) is 0 Å². The fourth-order valence-electron chi connectivity index (χ4n) is 4.44. The van der Waals surface area contributed by atoms with Crippen LogP contribution >= 0.6 is 0 Å². The maximum atomic E-state index is 12.9. The Morgan fingerprint density at radius 1 is 0.886 bits per heavy atom. The second-order valence-corrected chi connectivity index (χ2v) is 12.2. The number of hydrogen-bond acceptors (Lipinski definition) is 8. The van der Waals surface area contributed by atoms with Crippen molar-refractivity contribution in [2.45, 2.75) is 37.3 Å². The van der Waals surface area contributed by atoms with Gasteiger partial charge in [-0.15, -0.1) is 0 Å². The lowest BCUT2D eigenvalue weighted by atomic mass is 10.1. The number of piperazine rings is 2. The Labute approximate surface area is 208 Å². The molecule has 190 valence electrons. The minimum atomic E-state index is -3.31. The summed E-state index contributed by atoms with van der Waals surface area (Å²) in [4.78, 5) is 31.3. The molecule has 0 saturated carbocycles. The minimum absolute atomic E-state index is 0.0566. The molecule has 0 atom stereocenters. The van der Waals surface area contributed by atoms with E-state index in [4.69, 9.17) is 0 Å². The topological polar surface area (TPSA) is 90.0 Å². The van der Waals surface area contributed by atoms with E-state index in [0.29, 0.717) is 18.0 Å². The van der Waals surface area contributed by atoms with Gasteiger partial charge in [0.25, 0.3) is 0 Å². The average Bonchev–Trinajstić information content (AvgIpc) is 2.84. The van der Waals surface area contributed by atoms with E-state index in [1.54, 1.807) is 38.1 Å². The van der Waals surface area contributed by atoms with Gasteiger partial charge in [-0.3, -0.25) is 4.79 Å². The number of rotatable bonds is 6. The highest BCUT2D eigenvalue weighted by Gasteiger charge is 2.24. The van der Waals surface area contributed by atoms with Crippen molar-refractivity contribution < 1.29 is 13.2 Å². The molecule has 0 N–H and O–H groups in total. The molecule has 10 heteroatoms. The standard InChI is InChI=1S/C25H36N6O3S/c1-19(2)35(33,34)22-7-5-21(6-8-22)17-25(32)31-15-13-30(14-16-31)24-18-23(26-20(3)27-24)29-11-9-28(4)10-12-29/h5-8,18-19H,9-17H2,1-4H3. The third-order valence-electron chi connectivity index (χ3n) is 6.82. The summed E-state index contributed by atoms with van der Waals surface area (Å²) in [6.07, 6.45) is 0.266. The highest BCUT2D eigenvalue weighted by atomic mass is 32.2. The van der Waals surface area contributed by atoms with E-state index in [1.807, 2.05) is 11.8 Å². The van der Waals surface area contributed by atoms with E-state index < -0.39 is 15.1 Å². The monoisotopic (exact) mass is 500 g/mol. The van der Waals surface area contributed by atoms with Crippen molar-refractivity contribution >= 4 is 27.4 Å². The van der Waals surface area contributed by atoms with Crippen molar-refractivity contribution in [1.82, 2.24) is 19.8 Å². The number of benzene rings is 1. The number of sulfone groups is 1. The van der Waals surface area contributed by atoms with Crippen LogP contribution in [0.1, 0.15) is 25.2 Å². The van der Waals surface area contributed by atoms with Crippen molar-refractivity contribution in [2.75, 3.05) is 69.2 Å². The number of aryl methyl sites for hydroxylation is 1. The summed E-state index contributed by atoms with van der Waals surface area (Å²) in [6.45, 7) is 11.9. The molecule has 0 aliphatic carbocycles. The van der Waals surface area contributed by atoms with Crippen molar-refractivity contribution in [3.63, 3.8) is 0 Å². The largest absolute Gasteiger partial charge is 0.354 e. The number of carbonyl (C=O) groups excluding carboxylic acids is 1. The lowest BCUT2D eigenvalue weighted by Crippen LogP contribution is -2.49. The van der Waals surface area contributed by atoms with Crippen LogP contribution in [0.25, 0.3) is 0 Å². The summed E-state index contributed by atoms with van der Waals surface area (Å²) in [7, 11) is -1.17. The lowest BCUT2D eigenvalue weighted by molar-refractivity contribution is -0.130. The zero-order valence-electron chi connectivity index (χ0n) is 21.1. The third kappa shape index (κ3) is 5.92. The minimum Gasteiger partial charge on any atom is -0.354 e. The molecular weight excluding hydrogens is 464 g/mol. The van der Waals surface area contributed by atoms with Gasteiger partial charge in [0.05, 0.1) is 16.6 Å². The second kappa shape index (κ2) is 10.5. The SMILES string of the molecule is Cc1nc(N2CCN(C)CC2)cc(N2CCN(C(=O)Cc3ccc(S(=O)(=O)C(C)C)cc3)CC2)n1. The van der Waals surface area contributed by atoms with Gasteiger partial charge in [-0.05, 0) is 45.5 Å². The summed E-state index contributed by atoms with van der Waals surface area (Å²) in [5.41, 5.74) is 0.823. The molecule has 0 radical (unpaired) electrons. The molecule has 0 bridgehead atoms. The Kier molecular flexibility index (Phi) is 7.61. The molecule has 2 aromatic rings. The molecule has 0 spiro atoms. The lowest BCUT2D eigenvalue weighted by Gasteiger charge is -2.37. The zero-order valence-corrected chi connectivity index (χ0v) is 22.0. The Balaban J connectivity index is 1.34. The van der Waals surface area contributed by atoms with Crippen LogP contribution in [-0.2, 0) is 21.1 Å². The molecule has 35 heavy (non-hydrogen) atoms. The first-order valence-electron chi connectivity index (χ1n) is 12.3. The smallest absolute Gasteiger partial charge is 0.227 e. The molecule has 2 fully saturated rings. The van der Waals surface area contributed by atoms with Gasteiger partial charge < -0.3 is 19.6 Å². The van der Waals surface area contributed by atoms with Gasteiger partial charge >= 0.3 is 0 Å².